The molecule has 4 nitrogen and oxygen atoms in total. The zero-order valence-corrected chi connectivity index (χ0v) is 11.1. The molecule has 0 amide bonds. The molecule has 18 heavy (non-hydrogen) atoms. The van der Waals surface area contributed by atoms with Gasteiger partial charge in [-0.15, -0.1) is 0 Å². The Kier molecular flexibility index (Phi) is 4.55. The molecule has 1 aromatic rings. The fourth-order valence-corrected chi connectivity index (χ4v) is 3.05. The van der Waals surface area contributed by atoms with Gasteiger partial charge >= 0.3 is 0 Å². The summed E-state index contributed by atoms with van der Waals surface area (Å²) in [4.78, 5) is 4.14. The van der Waals surface area contributed by atoms with Crippen molar-refractivity contribution in [1.82, 2.24) is 10.4 Å². The second-order valence-corrected chi connectivity index (χ2v) is 5.58. The van der Waals surface area contributed by atoms with Gasteiger partial charge in [0.1, 0.15) is 0 Å². The van der Waals surface area contributed by atoms with Crippen LogP contribution in [0.2, 0.25) is 0 Å². The number of anilines is 1. The molecular formula is C14H24N4. The molecule has 1 aromatic heterocycles. The molecule has 3 atom stereocenters. The van der Waals surface area contributed by atoms with Crippen LogP contribution in [0.1, 0.15) is 38.2 Å². The van der Waals surface area contributed by atoms with Gasteiger partial charge in [0.2, 0.25) is 0 Å². The number of nitrogens with one attached hydrogen (secondary N) is 1. The van der Waals surface area contributed by atoms with E-state index in [1.54, 1.807) is 6.20 Å². The van der Waals surface area contributed by atoms with Crippen LogP contribution in [0.4, 0.5) is 5.69 Å². The van der Waals surface area contributed by atoms with Gasteiger partial charge in [0.15, 0.2) is 0 Å². The second-order valence-electron chi connectivity index (χ2n) is 5.58. The normalized spacial score (nSPS) is 25.9. The molecule has 1 fully saturated rings. The standard InChI is InChI=1S/C14H24N4/c1-10-3-2-4-11(7-10)14(18-16)8-12-9-17-6-5-13(12)15/h5-6,9-11,14,18H,2-4,7-8,16H2,1H3,(H2,15,17). The Labute approximate surface area is 109 Å². The zero-order chi connectivity index (χ0) is 13.0. The van der Waals surface area contributed by atoms with Crippen LogP contribution >= 0.6 is 0 Å². The number of nitrogens with zero attached hydrogens (tertiary/aromatic N) is 1. The molecule has 0 aliphatic heterocycles. The molecule has 0 radical (unpaired) electrons. The van der Waals surface area contributed by atoms with Crippen LogP contribution in [0.15, 0.2) is 18.5 Å². The third-order valence-corrected chi connectivity index (χ3v) is 4.14. The summed E-state index contributed by atoms with van der Waals surface area (Å²) in [7, 11) is 0. The first-order chi connectivity index (χ1) is 8.70. The Morgan fingerprint density at radius 3 is 3.00 bits per heavy atom. The van der Waals surface area contributed by atoms with Gasteiger partial charge in [-0.05, 0) is 42.7 Å². The summed E-state index contributed by atoms with van der Waals surface area (Å²) in [6.45, 7) is 2.33. The zero-order valence-electron chi connectivity index (χ0n) is 11.1. The Bertz CT molecular complexity index is 380. The van der Waals surface area contributed by atoms with E-state index in [0.29, 0.717) is 12.0 Å². The molecule has 1 aliphatic rings. The van der Waals surface area contributed by atoms with Crippen molar-refractivity contribution >= 4 is 5.69 Å². The second kappa shape index (κ2) is 6.16. The summed E-state index contributed by atoms with van der Waals surface area (Å²) in [6, 6.07) is 2.16. The largest absolute Gasteiger partial charge is 0.398 e. The van der Waals surface area contributed by atoms with E-state index in [9.17, 15) is 0 Å². The van der Waals surface area contributed by atoms with Crippen LogP contribution in [0, 0.1) is 11.8 Å². The highest BCUT2D eigenvalue weighted by molar-refractivity contribution is 5.44. The first-order valence-electron chi connectivity index (χ1n) is 6.85. The van der Waals surface area contributed by atoms with Gasteiger partial charge in [0.05, 0.1) is 0 Å². The molecule has 4 heteroatoms. The molecule has 2 rings (SSSR count). The van der Waals surface area contributed by atoms with Crippen molar-refractivity contribution in [3.63, 3.8) is 0 Å². The van der Waals surface area contributed by atoms with Gasteiger partial charge in [-0.25, -0.2) is 0 Å². The third kappa shape index (κ3) is 3.21. The predicted molar refractivity (Wildman–Crippen MR) is 74.6 cm³/mol. The predicted octanol–water partition coefficient (Wildman–Crippen LogP) is 1.86. The van der Waals surface area contributed by atoms with Crippen molar-refractivity contribution in [1.29, 1.82) is 0 Å². The monoisotopic (exact) mass is 248 g/mol. The van der Waals surface area contributed by atoms with Crippen molar-refractivity contribution in [2.24, 2.45) is 17.7 Å². The summed E-state index contributed by atoms with van der Waals surface area (Å²) in [6.07, 6.45) is 9.63. The first-order valence-corrected chi connectivity index (χ1v) is 6.85. The topological polar surface area (TPSA) is 77.0 Å². The molecule has 100 valence electrons. The van der Waals surface area contributed by atoms with Gasteiger partial charge in [0, 0.05) is 24.1 Å². The molecule has 0 aromatic carbocycles. The summed E-state index contributed by atoms with van der Waals surface area (Å²) in [5.74, 6) is 7.20. The minimum atomic E-state index is 0.305. The number of nitrogen functional groups attached to an aromatic ring is 1. The van der Waals surface area contributed by atoms with E-state index in [2.05, 4.69) is 17.3 Å². The lowest BCUT2D eigenvalue weighted by Gasteiger charge is -2.33. The Morgan fingerprint density at radius 2 is 2.33 bits per heavy atom. The van der Waals surface area contributed by atoms with E-state index < -0.39 is 0 Å². The fraction of sp³-hybridized carbons (Fsp3) is 0.643. The van der Waals surface area contributed by atoms with Crippen molar-refractivity contribution in [3.8, 4) is 0 Å². The number of nitrogens with two attached hydrogens (primary N) is 2. The number of hydrogen-bond donors (Lipinski definition) is 3. The number of hydrogen-bond acceptors (Lipinski definition) is 4. The number of aromatic nitrogens is 1. The van der Waals surface area contributed by atoms with Crippen molar-refractivity contribution < 1.29 is 0 Å². The average molecular weight is 248 g/mol. The van der Waals surface area contributed by atoms with Crippen LogP contribution in [0.5, 0.6) is 0 Å². The quantitative estimate of drug-likeness (QED) is 0.561. The average Bonchev–Trinajstić information content (AvgIpc) is 2.38. The van der Waals surface area contributed by atoms with Gasteiger partial charge in [-0.3, -0.25) is 16.3 Å². The lowest BCUT2D eigenvalue weighted by atomic mass is 9.77. The smallest absolute Gasteiger partial charge is 0.0378 e. The van der Waals surface area contributed by atoms with Crippen LogP contribution in [0.25, 0.3) is 0 Å². The highest BCUT2D eigenvalue weighted by Gasteiger charge is 2.26. The molecule has 1 aliphatic carbocycles. The minimum Gasteiger partial charge on any atom is -0.398 e. The Balaban J connectivity index is 2.03. The first kappa shape index (κ1) is 13.3. The highest BCUT2D eigenvalue weighted by atomic mass is 15.2. The van der Waals surface area contributed by atoms with Crippen molar-refractivity contribution in [2.75, 3.05) is 5.73 Å². The molecule has 0 bridgehead atoms. The fourth-order valence-electron chi connectivity index (χ4n) is 3.05. The van der Waals surface area contributed by atoms with E-state index in [1.807, 2.05) is 12.3 Å². The van der Waals surface area contributed by atoms with E-state index >= 15 is 0 Å². The highest BCUT2D eigenvalue weighted by Crippen LogP contribution is 2.32. The summed E-state index contributed by atoms with van der Waals surface area (Å²) < 4.78 is 0. The van der Waals surface area contributed by atoms with Crippen molar-refractivity contribution in [3.05, 3.63) is 24.0 Å². The van der Waals surface area contributed by atoms with Crippen LogP contribution in [0.3, 0.4) is 0 Å². The lowest BCUT2D eigenvalue weighted by molar-refractivity contribution is 0.222. The van der Waals surface area contributed by atoms with E-state index in [4.69, 9.17) is 11.6 Å². The van der Waals surface area contributed by atoms with E-state index in [-0.39, 0.29) is 0 Å². The van der Waals surface area contributed by atoms with Gasteiger partial charge < -0.3 is 5.73 Å². The van der Waals surface area contributed by atoms with Gasteiger partial charge in [-0.2, -0.15) is 0 Å². The summed E-state index contributed by atoms with van der Waals surface area (Å²) in [5.41, 5.74) is 10.9. The molecule has 1 saturated carbocycles. The number of pyridine rings is 1. The third-order valence-electron chi connectivity index (χ3n) is 4.14. The van der Waals surface area contributed by atoms with Gasteiger partial charge in [-0.1, -0.05) is 19.8 Å². The molecule has 3 unspecified atom stereocenters. The maximum atomic E-state index is 5.97. The van der Waals surface area contributed by atoms with E-state index in [0.717, 1.165) is 23.6 Å². The summed E-state index contributed by atoms with van der Waals surface area (Å²) in [5, 5.41) is 0. The van der Waals surface area contributed by atoms with Crippen LogP contribution in [-0.2, 0) is 6.42 Å². The van der Waals surface area contributed by atoms with Crippen molar-refractivity contribution in [2.45, 2.75) is 45.1 Å². The molecular weight excluding hydrogens is 224 g/mol. The lowest BCUT2D eigenvalue weighted by Crippen LogP contribution is -2.44. The molecule has 5 N–H and O–H groups in total. The van der Waals surface area contributed by atoms with Crippen LogP contribution in [-0.4, -0.2) is 11.0 Å². The Morgan fingerprint density at radius 1 is 1.50 bits per heavy atom. The maximum absolute atomic E-state index is 5.97. The number of hydrazine groups is 1. The summed E-state index contributed by atoms with van der Waals surface area (Å²) >= 11 is 0. The van der Waals surface area contributed by atoms with Crippen LogP contribution < -0.4 is 17.0 Å². The SMILES string of the molecule is CC1CCCC(C(Cc2cnccc2N)NN)C1. The minimum absolute atomic E-state index is 0.305. The number of rotatable bonds is 4. The maximum Gasteiger partial charge on any atom is 0.0378 e. The van der Waals surface area contributed by atoms with E-state index in [1.165, 1.54) is 25.7 Å². The molecule has 0 spiro atoms. The Hall–Kier alpha value is -1.13. The van der Waals surface area contributed by atoms with Gasteiger partial charge in [0.25, 0.3) is 0 Å². The molecule has 1 heterocycles. The molecule has 0 saturated heterocycles.